The van der Waals surface area contributed by atoms with Crippen molar-refractivity contribution in [3.05, 3.63) is 66.0 Å². The lowest BCUT2D eigenvalue weighted by atomic mass is 9.95. The Bertz CT molecular complexity index is 607. The van der Waals surface area contributed by atoms with Gasteiger partial charge in [0.05, 0.1) is 0 Å². The van der Waals surface area contributed by atoms with E-state index in [1.165, 1.54) is 5.56 Å². The Morgan fingerprint density at radius 2 is 1.83 bits per heavy atom. The number of piperidine rings is 1. The lowest BCUT2D eigenvalue weighted by Gasteiger charge is -2.31. The van der Waals surface area contributed by atoms with Gasteiger partial charge in [0.25, 0.3) is 0 Å². The monoisotopic (exact) mass is 309 g/mol. The number of likely N-dealkylation sites (tertiary alicyclic amines) is 1. The molecular formula is C19H23N3O. The Morgan fingerprint density at radius 3 is 2.52 bits per heavy atom. The van der Waals surface area contributed by atoms with Crippen LogP contribution in [0.25, 0.3) is 0 Å². The van der Waals surface area contributed by atoms with Crippen LogP contribution in [-0.4, -0.2) is 28.9 Å². The summed E-state index contributed by atoms with van der Waals surface area (Å²) >= 11 is 0. The molecule has 1 fully saturated rings. The van der Waals surface area contributed by atoms with Crippen LogP contribution in [0.5, 0.6) is 0 Å². The van der Waals surface area contributed by atoms with Crippen LogP contribution < -0.4 is 5.32 Å². The Kier molecular flexibility index (Phi) is 5.37. The van der Waals surface area contributed by atoms with E-state index in [0.717, 1.165) is 38.0 Å². The summed E-state index contributed by atoms with van der Waals surface area (Å²) in [6.45, 7) is 3.48. The maximum atomic E-state index is 12.3. The Hall–Kier alpha value is -2.20. The Balaban J connectivity index is 1.42. The number of rotatable bonds is 5. The zero-order valence-electron chi connectivity index (χ0n) is 13.3. The quantitative estimate of drug-likeness (QED) is 0.923. The van der Waals surface area contributed by atoms with Gasteiger partial charge >= 0.3 is 0 Å². The number of hydrogen-bond acceptors (Lipinski definition) is 3. The van der Waals surface area contributed by atoms with E-state index in [0.29, 0.717) is 6.54 Å². The number of hydrogen-bond donors (Lipinski definition) is 1. The number of carbonyl (C=O) groups is 1. The highest BCUT2D eigenvalue weighted by Crippen LogP contribution is 2.19. The summed E-state index contributed by atoms with van der Waals surface area (Å²) in [4.78, 5) is 18.9. The molecule has 0 spiro atoms. The van der Waals surface area contributed by atoms with Crippen LogP contribution in [0.2, 0.25) is 0 Å². The fraction of sp³-hybridized carbons (Fsp3) is 0.368. The number of nitrogens with one attached hydrogen (secondary N) is 1. The molecule has 23 heavy (non-hydrogen) atoms. The number of benzene rings is 1. The van der Waals surface area contributed by atoms with Gasteiger partial charge in [-0.1, -0.05) is 36.4 Å². The van der Waals surface area contributed by atoms with Crippen molar-refractivity contribution >= 4 is 5.91 Å². The van der Waals surface area contributed by atoms with E-state index in [4.69, 9.17) is 0 Å². The zero-order valence-corrected chi connectivity index (χ0v) is 13.3. The molecule has 0 saturated carbocycles. The molecule has 0 radical (unpaired) electrons. The first-order valence-electron chi connectivity index (χ1n) is 8.24. The second-order valence-electron chi connectivity index (χ2n) is 6.12. The number of amides is 1. The van der Waals surface area contributed by atoms with Crippen molar-refractivity contribution in [1.29, 1.82) is 0 Å². The van der Waals surface area contributed by atoms with Crippen LogP contribution >= 0.6 is 0 Å². The van der Waals surface area contributed by atoms with E-state index in [1.807, 2.05) is 42.6 Å². The average Bonchev–Trinajstić information content (AvgIpc) is 2.62. The molecule has 0 aliphatic carbocycles. The summed E-state index contributed by atoms with van der Waals surface area (Å²) in [5.41, 5.74) is 2.38. The maximum Gasteiger partial charge on any atom is 0.223 e. The van der Waals surface area contributed by atoms with Crippen LogP contribution in [0.3, 0.4) is 0 Å². The van der Waals surface area contributed by atoms with Gasteiger partial charge in [-0.15, -0.1) is 0 Å². The Morgan fingerprint density at radius 1 is 1.09 bits per heavy atom. The van der Waals surface area contributed by atoms with E-state index < -0.39 is 0 Å². The van der Waals surface area contributed by atoms with Gasteiger partial charge in [0.15, 0.2) is 0 Å². The molecule has 1 aromatic carbocycles. The predicted molar refractivity (Wildman–Crippen MR) is 90.5 cm³/mol. The molecule has 120 valence electrons. The fourth-order valence-corrected chi connectivity index (χ4v) is 3.03. The highest BCUT2D eigenvalue weighted by atomic mass is 16.1. The number of nitrogens with zero attached hydrogens (tertiary/aromatic N) is 2. The van der Waals surface area contributed by atoms with Gasteiger partial charge < -0.3 is 5.32 Å². The SMILES string of the molecule is O=C(NCc1ccccc1)C1CCN(Cc2cccnc2)CC1. The molecule has 2 heterocycles. The zero-order chi connectivity index (χ0) is 15.9. The van der Waals surface area contributed by atoms with E-state index in [2.05, 4.69) is 21.3 Å². The minimum atomic E-state index is 0.142. The van der Waals surface area contributed by atoms with Gasteiger partial charge in [-0.05, 0) is 43.1 Å². The molecule has 4 nitrogen and oxygen atoms in total. The highest BCUT2D eigenvalue weighted by molar-refractivity contribution is 5.78. The largest absolute Gasteiger partial charge is 0.352 e. The van der Waals surface area contributed by atoms with Crippen LogP contribution in [-0.2, 0) is 17.9 Å². The summed E-state index contributed by atoms with van der Waals surface area (Å²) in [7, 11) is 0. The highest BCUT2D eigenvalue weighted by Gasteiger charge is 2.24. The van der Waals surface area contributed by atoms with E-state index in [1.54, 1.807) is 6.20 Å². The van der Waals surface area contributed by atoms with E-state index in [9.17, 15) is 4.79 Å². The molecule has 1 aliphatic heterocycles. The summed E-state index contributed by atoms with van der Waals surface area (Å²) in [6, 6.07) is 14.1. The summed E-state index contributed by atoms with van der Waals surface area (Å²) in [5, 5.41) is 3.07. The molecular weight excluding hydrogens is 286 g/mol. The van der Waals surface area contributed by atoms with Gasteiger partial charge in [0, 0.05) is 31.4 Å². The molecule has 0 bridgehead atoms. The second-order valence-corrected chi connectivity index (χ2v) is 6.12. The number of aromatic nitrogens is 1. The molecule has 1 aliphatic rings. The van der Waals surface area contributed by atoms with Gasteiger partial charge in [0.2, 0.25) is 5.91 Å². The van der Waals surface area contributed by atoms with Crippen LogP contribution in [0.15, 0.2) is 54.9 Å². The van der Waals surface area contributed by atoms with E-state index in [-0.39, 0.29) is 11.8 Å². The third-order valence-corrected chi connectivity index (χ3v) is 4.40. The molecule has 1 aromatic heterocycles. The first-order valence-corrected chi connectivity index (χ1v) is 8.24. The maximum absolute atomic E-state index is 12.3. The molecule has 3 rings (SSSR count). The molecule has 2 aromatic rings. The van der Waals surface area contributed by atoms with Crippen molar-refractivity contribution in [2.45, 2.75) is 25.9 Å². The fourth-order valence-electron chi connectivity index (χ4n) is 3.03. The van der Waals surface area contributed by atoms with Crippen molar-refractivity contribution in [3.8, 4) is 0 Å². The van der Waals surface area contributed by atoms with Crippen LogP contribution in [0, 0.1) is 5.92 Å². The van der Waals surface area contributed by atoms with Gasteiger partial charge in [-0.3, -0.25) is 14.7 Å². The van der Waals surface area contributed by atoms with Crippen molar-refractivity contribution < 1.29 is 4.79 Å². The Labute approximate surface area is 137 Å². The smallest absolute Gasteiger partial charge is 0.223 e. The van der Waals surface area contributed by atoms with Crippen molar-refractivity contribution in [3.63, 3.8) is 0 Å². The topological polar surface area (TPSA) is 45.2 Å². The first-order chi connectivity index (χ1) is 11.3. The van der Waals surface area contributed by atoms with Crippen LogP contribution in [0.4, 0.5) is 0 Å². The standard InChI is InChI=1S/C19H23N3O/c23-19(21-14-16-5-2-1-3-6-16)18-8-11-22(12-9-18)15-17-7-4-10-20-13-17/h1-7,10,13,18H,8-9,11-12,14-15H2,(H,21,23). The average molecular weight is 309 g/mol. The number of carbonyl (C=O) groups excluding carboxylic acids is 1. The van der Waals surface area contributed by atoms with Gasteiger partial charge in [-0.25, -0.2) is 0 Å². The van der Waals surface area contributed by atoms with Crippen LogP contribution in [0.1, 0.15) is 24.0 Å². The molecule has 0 unspecified atom stereocenters. The van der Waals surface area contributed by atoms with Gasteiger partial charge in [-0.2, -0.15) is 0 Å². The molecule has 4 heteroatoms. The third-order valence-electron chi connectivity index (χ3n) is 4.40. The summed E-state index contributed by atoms with van der Waals surface area (Å²) < 4.78 is 0. The third kappa shape index (κ3) is 4.63. The molecule has 1 N–H and O–H groups in total. The van der Waals surface area contributed by atoms with E-state index >= 15 is 0 Å². The molecule has 1 amide bonds. The first kappa shape index (κ1) is 15.7. The normalized spacial score (nSPS) is 16.2. The molecule has 0 atom stereocenters. The minimum Gasteiger partial charge on any atom is -0.352 e. The predicted octanol–water partition coefficient (Wildman–Crippen LogP) is 2.61. The van der Waals surface area contributed by atoms with Gasteiger partial charge in [0.1, 0.15) is 0 Å². The van der Waals surface area contributed by atoms with Crippen molar-refractivity contribution in [2.24, 2.45) is 5.92 Å². The summed E-state index contributed by atoms with van der Waals surface area (Å²) in [5.74, 6) is 0.332. The minimum absolute atomic E-state index is 0.142. The second kappa shape index (κ2) is 7.88. The molecule has 1 saturated heterocycles. The summed E-state index contributed by atoms with van der Waals surface area (Å²) in [6.07, 6.45) is 5.58. The lowest BCUT2D eigenvalue weighted by Crippen LogP contribution is -2.40. The number of pyridine rings is 1. The van der Waals surface area contributed by atoms with Crippen molar-refractivity contribution in [1.82, 2.24) is 15.2 Å². The van der Waals surface area contributed by atoms with Crippen molar-refractivity contribution in [2.75, 3.05) is 13.1 Å². The lowest BCUT2D eigenvalue weighted by molar-refractivity contribution is -0.126.